The molecule has 0 aliphatic heterocycles. The SMILES string of the molecule is Cc1nc2ccc(C(C)(C)CNCCS)cc2[nH]1. The molecule has 4 heteroatoms. The number of fused-ring (bicyclic) bond motifs is 1. The molecule has 0 bridgehead atoms. The third-order valence-corrected chi connectivity index (χ3v) is 3.46. The number of nitrogens with zero attached hydrogens (tertiary/aromatic N) is 1. The summed E-state index contributed by atoms with van der Waals surface area (Å²) in [5.74, 6) is 1.84. The average Bonchev–Trinajstić information content (AvgIpc) is 2.68. The average molecular weight is 263 g/mol. The molecular weight excluding hydrogens is 242 g/mol. The molecule has 0 amide bonds. The summed E-state index contributed by atoms with van der Waals surface area (Å²) in [6.45, 7) is 8.38. The zero-order valence-corrected chi connectivity index (χ0v) is 12.1. The van der Waals surface area contributed by atoms with Gasteiger partial charge in [0.05, 0.1) is 11.0 Å². The second-order valence-corrected chi connectivity index (χ2v) is 5.79. The summed E-state index contributed by atoms with van der Waals surface area (Å²) in [6.07, 6.45) is 0. The number of aromatic amines is 1. The Labute approximate surface area is 114 Å². The van der Waals surface area contributed by atoms with Gasteiger partial charge in [0, 0.05) is 24.3 Å². The number of rotatable bonds is 5. The van der Waals surface area contributed by atoms with E-state index < -0.39 is 0 Å². The van der Waals surface area contributed by atoms with Crippen LogP contribution in [0.4, 0.5) is 0 Å². The van der Waals surface area contributed by atoms with Crippen LogP contribution in [-0.2, 0) is 5.41 Å². The second-order valence-electron chi connectivity index (χ2n) is 5.34. The van der Waals surface area contributed by atoms with Crippen LogP contribution in [0.15, 0.2) is 18.2 Å². The van der Waals surface area contributed by atoms with E-state index in [9.17, 15) is 0 Å². The van der Waals surface area contributed by atoms with Crippen LogP contribution in [0.5, 0.6) is 0 Å². The number of benzene rings is 1. The summed E-state index contributed by atoms with van der Waals surface area (Å²) < 4.78 is 0. The first-order chi connectivity index (χ1) is 8.53. The standard InChI is InChI=1S/C14H21N3S/c1-10-16-12-5-4-11(8-13(12)17-10)14(2,3)9-15-6-7-18/h4-5,8,15,18H,6-7,9H2,1-3H3,(H,16,17). The monoisotopic (exact) mass is 263 g/mol. The highest BCUT2D eigenvalue weighted by atomic mass is 32.1. The summed E-state index contributed by atoms with van der Waals surface area (Å²) in [4.78, 5) is 7.72. The molecule has 2 rings (SSSR count). The highest BCUT2D eigenvalue weighted by molar-refractivity contribution is 7.80. The van der Waals surface area contributed by atoms with Gasteiger partial charge < -0.3 is 10.3 Å². The first-order valence-electron chi connectivity index (χ1n) is 6.31. The fourth-order valence-corrected chi connectivity index (χ4v) is 2.30. The topological polar surface area (TPSA) is 40.7 Å². The molecule has 0 unspecified atom stereocenters. The largest absolute Gasteiger partial charge is 0.342 e. The van der Waals surface area contributed by atoms with Crippen LogP contribution >= 0.6 is 12.6 Å². The van der Waals surface area contributed by atoms with E-state index in [-0.39, 0.29) is 5.41 Å². The van der Waals surface area contributed by atoms with Crippen LogP contribution in [0.1, 0.15) is 25.2 Å². The first kappa shape index (κ1) is 13.4. The number of imidazole rings is 1. The molecule has 0 spiro atoms. The van der Waals surface area contributed by atoms with Gasteiger partial charge in [0.2, 0.25) is 0 Å². The lowest BCUT2D eigenvalue weighted by molar-refractivity contribution is 0.479. The van der Waals surface area contributed by atoms with Crippen molar-refractivity contribution in [2.24, 2.45) is 0 Å². The second kappa shape index (κ2) is 5.33. The van der Waals surface area contributed by atoms with Crippen LogP contribution in [0.2, 0.25) is 0 Å². The molecule has 1 aromatic carbocycles. The predicted molar refractivity (Wildman–Crippen MR) is 80.6 cm³/mol. The number of aromatic nitrogens is 2. The Kier molecular flexibility index (Phi) is 3.97. The fraction of sp³-hybridized carbons (Fsp3) is 0.500. The number of thiol groups is 1. The molecule has 18 heavy (non-hydrogen) atoms. The van der Waals surface area contributed by atoms with Crippen molar-refractivity contribution < 1.29 is 0 Å². The third kappa shape index (κ3) is 2.87. The molecule has 0 saturated carbocycles. The van der Waals surface area contributed by atoms with Gasteiger partial charge in [0.1, 0.15) is 5.82 Å². The van der Waals surface area contributed by atoms with Gasteiger partial charge >= 0.3 is 0 Å². The smallest absolute Gasteiger partial charge is 0.104 e. The van der Waals surface area contributed by atoms with Crippen molar-refractivity contribution in [2.45, 2.75) is 26.2 Å². The summed E-state index contributed by atoms with van der Waals surface area (Å²) in [6, 6.07) is 6.47. The van der Waals surface area contributed by atoms with Crippen molar-refractivity contribution in [3.05, 3.63) is 29.6 Å². The summed E-state index contributed by atoms with van der Waals surface area (Å²) in [7, 11) is 0. The number of aryl methyl sites for hydroxylation is 1. The van der Waals surface area contributed by atoms with Crippen molar-refractivity contribution in [3.63, 3.8) is 0 Å². The number of nitrogens with one attached hydrogen (secondary N) is 2. The van der Waals surface area contributed by atoms with Gasteiger partial charge in [-0.25, -0.2) is 4.98 Å². The van der Waals surface area contributed by atoms with Gasteiger partial charge in [-0.2, -0.15) is 12.6 Å². The Morgan fingerprint density at radius 2 is 2.17 bits per heavy atom. The molecule has 98 valence electrons. The molecule has 3 nitrogen and oxygen atoms in total. The molecule has 0 fully saturated rings. The minimum absolute atomic E-state index is 0.107. The number of hydrogen-bond acceptors (Lipinski definition) is 3. The highest BCUT2D eigenvalue weighted by Crippen LogP contribution is 2.25. The molecule has 0 atom stereocenters. The van der Waals surface area contributed by atoms with E-state index in [2.05, 4.69) is 60.0 Å². The Morgan fingerprint density at radius 3 is 2.89 bits per heavy atom. The van der Waals surface area contributed by atoms with E-state index in [1.165, 1.54) is 5.56 Å². The zero-order chi connectivity index (χ0) is 13.2. The molecule has 1 aromatic heterocycles. The van der Waals surface area contributed by atoms with Crippen LogP contribution in [-0.4, -0.2) is 28.8 Å². The number of H-pyrrole nitrogens is 1. The van der Waals surface area contributed by atoms with Gasteiger partial charge in [0.25, 0.3) is 0 Å². The lowest BCUT2D eigenvalue weighted by Gasteiger charge is -2.25. The molecule has 0 aliphatic carbocycles. The van der Waals surface area contributed by atoms with E-state index in [0.29, 0.717) is 0 Å². The van der Waals surface area contributed by atoms with Crippen LogP contribution in [0.25, 0.3) is 11.0 Å². The van der Waals surface area contributed by atoms with Crippen molar-refractivity contribution in [2.75, 3.05) is 18.8 Å². The summed E-state index contributed by atoms with van der Waals surface area (Å²) >= 11 is 4.21. The maximum Gasteiger partial charge on any atom is 0.104 e. The minimum atomic E-state index is 0.107. The molecule has 2 aromatic rings. The number of hydrogen-bond donors (Lipinski definition) is 3. The lowest BCUT2D eigenvalue weighted by Crippen LogP contribution is -2.33. The third-order valence-electron chi connectivity index (χ3n) is 3.24. The quantitative estimate of drug-likeness (QED) is 0.573. The van der Waals surface area contributed by atoms with Gasteiger partial charge in [-0.15, -0.1) is 0 Å². The normalized spacial score (nSPS) is 12.2. The van der Waals surface area contributed by atoms with E-state index in [1.54, 1.807) is 0 Å². The Morgan fingerprint density at radius 1 is 1.39 bits per heavy atom. The van der Waals surface area contributed by atoms with Crippen molar-refractivity contribution in [1.82, 2.24) is 15.3 Å². The lowest BCUT2D eigenvalue weighted by atomic mass is 9.84. The maximum absolute atomic E-state index is 4.43. The first-order valence-corrected chi connectivity index (χ1v) is 6.94. The molecule has 2 N–H and O–H groups in total. The van der Waals surface area contributed by atoms with Crippen LogP contribution in [0, 0.1) is 6.92 Å². The van der Waals surface area contributed by atoms with Crippen molar-refractivity contribution in [3.8, 4) is 0 Å². The van der Waals surface area contributed by atoms with Crippen molar-refractivity contribution >= 4 is 23.7 Å². The molecule has 0 aliphatic rings. The maximum atomic E-state index is 4.43. The summed E-state index contributed by atoms with van der Waals surface area (Å²) in [5.41, 5.74) is 3.59. The van der Waals surface area contributed by atoms with Crippen LogP contribution in [0.3, 0.4) is 0 Å². The van der Waals surface area contributed by atoms with Gasteiger partial charge in [-0.1, -0.05) is 19.9 Å². The van der Waals surface area contributed by atoms with Crippen molar-refractivity contribution in [1.29, 1.82) is 0 Å². The Hall–Kier alpha value is -1.00. The summed E-state index contributed by atoms with van der Waals surface area (Å²) in [5, 5.41) is 3.42. The Balaban J connectivity index is 2.23. The molecule has 0 radical (unpaired) electrons. The zero-order valence-electron chi connectivity index (χ0n) is 11.2. The van der Waals surface area contributed by atoms with Gasteiger partial charge in [-0.05, 0) is 24.6 Å². The van der Waals surface area contributed by atoms with E-state index in [0.717, 1.165) is 35.7 Å². The molecular formula is C14H21N3S. The van der Waals surface area contributed by atoms with Gasteiger partial charge in [-0.3, -0.25) is 0 Å². The van der Waals surface area contributed by atoms with Gasteiger partial charge in [0.15, 0.2) is 0 Å². The van der Waals surface area contributed by atoms with E-state index in [1.807, 2.05) is 6.92 Å². The van der Waals surface area contributed by atoms with E-state index >= 15 is 0 Å². The predicted octanol–water partition coefficient (Wildman–Crippen LogP) is 2.67. The molecule has 0 saturated heterocycles. The minimum Gasteiger partial charge on any atom is -0.342 e. The Bertz CT molecular complexity index is 531. The molecule has 1 heterocycles. The van der Waals surface area contributed by atoms with Crippen LogP contribution < -0.4 is 5.32 Å². The highest BCUT2D eigenvalue weighted by Gasteiger charge is 2.20. The van der Waals surface area contributed by atoms with E-state index in [4.69, 9.17) is 0 Å². The fourth-order valence-electron chi connectivity index (χ4n) is 2.14.